The summed E-state index contributed by atoms with van der Waals surface area (Å²) >= 11 is 0. The van der Waals surface area contributed by atoms with Gasteiger partial charge in [0, 0.05) is 13.0 Å². The summed E-state index contributed by atoms with van der Waals surface area (Å²) in [7, 11) is 1.73. The molecule has 0 aliphatic rings. The fourth-order valence-corrected chi connectivity index (χ4v) is 3.50. The van der Waals surface area contributed by atoms with Crippen molar-refractivity contribution in [2.24, 2.45) is 12.5 Å². The summed E-state index contributed by atoms with van der Waals surface area (Å²) in [5.41, 5.74) is 0.642. The van der Waals surface area contributed by atoms with Gasteiger partial charge in [0.15, 0.2) is 5.82 Å². The third-order valence-corrected chi connectivity index (χ3v) is 5.05. The van der Waals surface area contributed by atoms with Crippen LogP contribution in [0.1, 0.15) is 52.9 Å². The van der Waals surface area contributed by atoms with E-state index >= 15 is 0 Å². The largest absolute Gasteiger partial charge is 0.390 e. The van der Waals surface area contributed by atoms with E-state index in [4.69, 9.17) is 0 Å². The Morgan fingerprint density at radius 2 is 1.75 bits per heavy atom. The highest BCUT2D eigenvalue weighted by Gasteiger charge is 2.32. The molecule has 3 aromatic rings. The third kappa shape index (κ3) is 4.16. The van der Waals surface area contributed by atoms with Gasteiger partial charge in [0.2, 0.25) is 0 Å². The first-order valence-electron chi connectivity index (χ1n) is 9.62. The second-order valence-electron chi connectivity index (χ2n) is 9.14. The standard InChI is InChI=1S/C20H30N6O2/c1-19(2,3)16(13-17-21-23-24(6)22-17)26-15-10-8-7-9-14(15)25(18(26)27)12-11-20(4,5)28/h7-10,16,28H,11-13H2,1-6H3/t16-/m1/s1. The van der Waals surface area contributed by atoms with E-state index in [1.54, 1.807) is 25.5 Å². The Kier molecular flexibility index (Phi) is 5.18. The van der Waals surface area contributed by atoms with E-state index in [9.17, 15) is 9.90 Å². The Hall–Kier alpha value is -2.48. The van der Waals surface area contributed by atoms with E-state index < -0.39 is 5.60 Å². The quantitative estimate of drug-likeness (QED) is 0.702. The predicted molar refractivity (Wildman–Crippen MR) is 108 cm³/mol. The average molecular weight is 387 g/mol. The molecule has 0 unspecified atom stereocenters. The number of hydrogen-bond acceptors (Lipinski definition) is 5. The molecule has 0 saturated carbocycles. The molecular weight excluding hydrogens is 356 g/mol. The van der Waals surface area contributed by atoms with Crippen LogP contribution in [-0.4, -0.2) is 40.0 Å². The molecule has 152 valence electrons. The normalized spacial score (nSPS) is 14.0. The van der Waals surface area contributed by atoms with Crippen molar-refractivity contribution in [1.29, 1.82) is 0 Å². The second-order valence-corrected chi connectivity index (χ2v) is 9.14. The summed E-state index contributed by atoms with van der Waals surface area (Å²) in [5, 5.41) is 22.5. The summed E-state index contributed by atoms with van der Waals surface area (Å²) in [6, 6.07) is 7.66. The van der Waals surface area contributed by atoms with Gasteiger partial charge in [-0.25, -0.2) is 4.79 Å². The molecule has 0 bridgehead atoms. The van der Waals surface area contributed by atoms with Gasteiger partial charge in [0.05, 0.1) is 29.7 Å². The van der Waals surface area contributed by atoms with Gasteiger partial charge in [-0.3, -0.25) is 9.13 Å². The number of para-hydroxylation sites is 2. The molecule has 8 heteroatoms. The molecule has 0 saturated heterocycles. The molecule has 8 nitrogen and oxygen atoms in total. The Labute approximate surface area is 164 Å². The number of aromatic nitrogens is 6. The minimum absolute atomic E-state index is 0.0748. The van der Waals surface area contributed by atoms with Crippen LogP contribution in [0.4, 0.5) is 0 Å². The monoisotopic (exact) mass is 386 g/mol. The Morgan fingerprint density at radius 1 is 1.11 bits per heavy atom. The lowest BCUT2D eigenvalue weighted by Crippen LogP contribution is -2.36. The van der Waals surface area contributed by atoms with Gasteiger partial charge in [0.25, 0.3) is 0 Å². The van der Waals surface area contributed by atoms with Crippen LogP contribution in [0.3, 0.4) is 0 Å². The fraction of sp³-hybridized carbons (Fsp3) is 0.600. The van der Waals surface area contributed by atoms with E-state index in [0.29, 0.717) is 25.2 Å². The topological polar surface area (TPSA) is 90.8 Å². The van der Waals surface area contributed by atoms with Crippen molar-refractivity contribution < 1.29 is 5.11 Å². The first-order valence-corrected chi connectivity index (χ1v) is 9.62. The molecule has 1 N–H and O–H groups in total. The van der Waals surface area contributed by atoms with Gasteiger partial charge in [-0.05, 0) is 43.0 Å². The van der Waals surface area contributed by atoms with Gasteiger partial charge >= 0.3 is 5.69 Å². The van der Waals surface area contributed by atoms with Crippen LogP contribution in [0.2, 0.25) is 0 Å². The van der Waals surface area contributed by atoms with Crippen LogP contribution in [0.15, 0.2) is 29.1 Å². The highest BCUT2D eigenvalue weighted by molar-refractivity contribution is 5.76. The zero-order valence-electron chi connectivity index (χ0n) is 17.5. The van der Waals surface area contributed by atoms with Gasteiger partial charge in [-0.2, -0.15) is 4.80 Å². The summed E-state index contributed by atoms with van der Waals surface area (Å²) in [4.78, 5) is 14.9. The van der Waals surface area contributed by atoms with Crippen molar-refractivity contribution in [3.8, 4) is 0 Å². The van der Waals surface area contributed by atoms with Crippen LogP contribution in [0.5, 0.6) is 0 Å². The molecule has 0 amide bonds. The Bertz CT molecular complexity index is 1020. The third-order valence-electron chi connectivity index (χ3n) is 5.05. The summed E-state index contributed by atoms with van der Waals surface area (Å²) in [6.45, 7) is 10.3. The molecule has 0 aliphatic carbocycles. The van der Waals surface area contributed by atoms with Gasteiger partial charge in [-0.1, -0.05) is 32.9 Å². The summed E-state index contributed by atoms with van der Waals surface area (Å²) in [5.74, 6) is 0.614. The minimum atomic E-state index is -0.838. The maximum atomic E-state index is 13.5. The molecule has 3 rings (SSSR count). The molecule has 0 fully saturated rings. The van der Waals surface area contributed by atoms with E-state index in [2.05, 4.69) is 36.2 Å². The molecule has 28 heavy (non-hydrogen) atoms. The van der Waals surface area contributed by atoms with Gasteiger partial charge < -0.3 is 5.11 Å². The molecule has 0 spiro atoms. The van der Waals surface area contributed by atoms with Crippen LogP contribution >= 0.6 is 0 Å². The lowest BCUT2D eigenvalue weighted by Gasteiger charge is -2.31. The first kappa shape index (κ1) is 20.3. The van der Waals surface area contributed by atoms with E-state index in [0.717, 1.165) is 11.0 Å². The number of nitrogens with zero attached hydrogens (tertiary/aromatic N) is 6. The molecule has 2 aromatic heterocycles. The Morgan fingerprint density at radius 3 is 2.29 bits per heavy atom. The predicted octanol–water partition coefficient (Wildman–Crippen LogP) is 2.32. The molecule has 0 aliphatic heterocycles. The first-order chi connectivity index (χ1) is 13.0. The van der Waals surface area contributed by atoms with Crippen LogP contribution in [-0.2, 0) is 20.0 Å². The SMILES string of the molecule is Cn1nnc(C[C@@H](n2c(=O)n(CCC(C)(C)O)c3ccccc32)C(C)(C)C)n1. The van der Waals surface area contributed by atoms with E-state index in [1.807, 2.05) is 28.8 Å². The van der Waals surface area contributed by atoms with Gasteiger partial charge in [-0.15, -0.1) is 10.2 Å². The van der Waals surface area contributed by atoms with Crippen molar-refractivity contribution in [3.05, 3.63) is 40.6 Å². The van der Waals surface area contributed by atoms with Crippen LogP contribution in [0.25, 0.3) is 11.0 Å². The number of benzene rings is 1. The average Bonchev–Trinajstić information content (AvgIpc) is 3.10. The van der Waals surface area contributed by atoms with Crippen molar-refractivity contribution in [1.82, 2.24) is 29.3 Å². The second kappa shape index (κ2) is 7.16. The summed E-state index contributed by atoms with van der Waals surface area (Å²) < 4.78 is 3.62. The lowest BCUT2D eigenvalue weighted by atomic mass is 9.84. The van der Waals surface area contributed by atoms with Crippen LogP contribution in [0, 0.1) is 5.41 Å². The van der Waals surface area contributed by atoms with Crippen LogP contribution < -0.4 is 5.69 Å². The van der Waals surface area contributed by atoms with Crippen molar-refractivity contribution in [2.45, 2.75) is 65.6 Å². The fourth-order valence-electron chi connectivity index (χ4n) is 3.50. The zero-order valence-corrected chi connectivity index (χ0v) is 17.5. The molecule has 1 atom stereocenters. The Balaban J connectivity index is 2.13. The van der Waals surface area contributed by atoms with Gasteiger partial charge in [0.1, 0.15) is 0 Å². The molecule has 0 radical (unpaired) electrons. The van der Waals surface area contributed by atoms with Crippen molar-refractivity contribution >= 4 is 11.0 Å². The summed E-state index contributed by atoms with van der Waals surface area (Å²) in [6.07, 6.45) is 1.00. The number of aryl methyl sites for hydroxylation is 2. The molecule has 2 heterocycles. The highest BCUT2D eigenvalue weighted by atomic mass is 16.3. The number of hydrogen-bond donors (Lipinski definition) is 1. The lowest BCUT2D eigenvalue weighted by molar-refractivity contribution is 0.0661. The zero-order chi connectivity index (χ0) is 20.7. The molecular formula is C20H30N6O2. The van der Waals surface area contributed by atoms with Crippen molar-refractivity contribution in [2.75, 3.05) is 0 Å². The minimum Gasteiger partial charge on any atom is -0.390 e. The smallest absolute Gasteiger partial charge is 0.329 e. The highest BCUT2D eigenvalue weighted by Crippen LogP contribution is 2.34. The number of imidazole rings is 1. The van der Waals surface area contributed by atoms with E-state index in [-0.39, 0.29) is 17.1 Å². The maximum Gasteiger partial charge on any atom is 0.329 e. The number of rotatable bonds is 6. The number of tetrazole rings is 1. The number of aliphatic hydroxyl groups is 1. The number of fused-ring (bicyclic) bond motifs is 1. The molecule has 1 aromatic carbocycles. The van der Waals surface area contributed by atoms with E-state index in [1.165, 1.54) is 4.80 Å². The van der Waals surface area contributed by atoms with Crippen molar-refractivity contribution in [3.63, 3.8) is 0 Å². The maximum absolute atomic E-state index is 13.5.